The van der Waals surface area contributed by atoms with Gasteiger partial charge in [-0.05, 0) is 50.1 Å². The molecule has 0 saturated heterocycles. The Kier molecular flexibility index (Phi) is 3.84. The molecule has 2 aromatic carbocycles. The predicted octanol–water partition coefficient (Wildman–Crippen LogP) is 2.98. The van der Waals surface area contributed by atoms with Crippen LogP contribution in [-0.4, -0.2) is 28.5 Å². The molecular formula is C20H19N3O2. The van der Waals surface area contributed by atoms with Crippen LogP contribution >= 0.6 is 0 Å². The number of carbonyl (C=O) groups excluding carboxylic acids is 1. The highest BCUT2D eigenvalue weighted by atomic mass is 16.5. The lowest BCUT2D eigenvalue weighted by Gasteiger charge is -2.26. The third kappa shape index (κ3) is 3.05. The quantitative estimate of drug-likeness (QED) is 0.783. The number of amides is 1. The Morgan fingerprint density at radius 2 is 1.84 bits per heavy atom. The van der Waals surface area contributed by atoms with E-state index in [1.807, 2.05) is 44.2 Å². The first-order chi connectivity index (χ1) is 12.1. The van der Waals surface area contributed by atoms with Gasteiger partial charge in [0.2, 0.25) is 0 Å². The van der Waals surface area contributed by atoms with Crippen molar-refractivity contribution in [3.63, 3.8) is 0 Å². The molecule has 1 unspecified atom stereocenters. The van der Waals surface area contributed by atoms with E-state index in [1.54, 1.807) is 12.1 Å². The standard InChI is InChI=1S/C20H19N3O2/c1-12-13(2)22-18-10-15(7-8-17(18)21-12)20(24)23-16-9-14-5-3-4-6-19(14)25-11-16/h3-8,10,16H,9,11H2,1-2H3,(H,23,24). The van der Waals surface area contributed by atoms with E-state index in [0.717, 1.165) is 40.2 Å². The van der Waals surface area contributed by atoms with E-state index in [0.29, 0.717) is 12.2 Å². The second-order valence-electron chi connectivity index (χ2n) is 6.39. The summed E-state index contributed by atoms with van der Waals surface area (Å²) in [5, 5.41) is 3.05. The van der Waals surface area contributed by atoms with Crippen LogP contribution in [0.4, 0.5) is 0 Å². The van der Waals surface area contributed by atoms with Crippen molar-refractivity contribution in [2.24, 2.45) is 0 Å². The molecule has 1 aliphatic rings. The Morgan fingerprint density at radius 1 is 1.08 bits per heavy atom. The van der Waals surface area contributed by atoms with E-state index in [1.165, 1.54) is 0 Å². The highest BCUT2D eigenvalue weighted by Crippen LogP contribution is 2.24. The number of hydrogen-bond acceptors (Lipinski definition) is 4. The fourth-order valence-electron chi connectivity index (χ4n) is 3.06. The first-order valence-electron chi connectivity index (χ1n) is 8.37. The minimum atomic E-state index is -0.116. The molecule has 0 spiro atoms. The maximum Gasteiger partial charge on any atom is 0.251 e. The average Bonchev–Trinajstić information content (AvgIpc) is 2.62. The van der Waals surface area contributed by atoms with Gasteiger partial charge in [0.15, 0.2) is 0 Å². The maximum absolute atomic E-state index is 12.6. The Balaban J connectivity index is 1.53. The Bertz CT molecular complexity index is 968. The molecule has 1 aliphatic heterocycles. The van der Waals surface area contributed by atoms with Crippen molar-refractivity contribution in [1.82, 2.24) is 15.3 Å². The molecule has 2 heterocycles. The van der Waals surface area contributed by atoms with Gasteiger partial charge in [-0.25, -0.2) is 9.97 Å². The molecule has 0 bridgehead atoms. The third-order valence-corrected chi connectivity index (χ3v) is 4.55. The van der Waals surface area contributed by atoms with Gasteiger partial charge in [-0.2, -0.15) is 0 Å². The van der Waals surface area contributed by atoms with Crippen LogP contribution in [0.15, 0.2) is 42.5 Å². The first kappa shape index (κ1) is 15.6. The average molecular weight is 333 g/mol. The molecule has 5 heteroatoms. The second-order valence-corrected chi connectivity index (χ2v) is 6.39. The summed E-state index contributed by atoms with van der Waals surface area (Å²) in [5.41, 5.74) is 5.03. The Morgan fingerprint density at radius 3 is 2.68 bits per heavy atom. The van der Waals surface area contributed by atoms with Crippen molar-refractivity contribution >= 4 is 16.9 Å². The molecule has 0 aliphatic carbocycles. The van der Waals surface area contributed by atoms with Gasteiger partial charge < -0.3 is 10.1 Å². The van der Waals surface area contributed by atoms with Crippen LogP contribution in [0.5, 0.6) is 5.75 Å². The first-order valence-corrected chi connectivity index (χ1v) is 8.37. The number of benzene rings is 2. The topological polar surface area (TPSA) is 64.1 Å². The fraction of sp³-hybridized carbons (Fsp3) is 0.250. The van der Waals surface area contributed by atoms with E-state index >= 15 is 0 Å². The monoisotopic (exact) mass is 333 g/mol. The molecule has 1 atom stereocenters. The number of ether oxygens (including phenoxy) is 1. The summed E-state index contributed by atoms with van der Waals surface area (Å²) in [5.74, 6) is 0.787. The van der Waals surface area contributed by atoms with E-state index in [2.05, 4.69) is 15.3 Å². The molecule has 1 aromatic heterocycles. The summed E-state index contributed by atoms with van der Waals surface area (Å²) >= 11 is 0. The third-order valence-electron chi connectivity index (χ3n) is 4.55. The Labute approximate surface area is 146 Å². The number of rotatable bonds is 2. The van der Waals surface area contributed by atoms with E-state index in [-0.39, 0.29) is 11.9 Å². The summed E-state index contributed by atoms with van der Waals surface area (Å²) in [7, 11) is 0. The zero-order chi connectivity index (χ0) is 17.4. The maximum atomic E-state index is 12.6. The lowest BCUT2D eigenvalue weighted by molar-refractivity contribution is 0.0915. The lowest BCUT2D eigenvalue weighted by atomic mass is 10.0. The molecule has 0 saturated carbocycles. The summed E-state index contributed by atoms with van der Waals surface area (Å²) < 4.78 is 5.73. The molecule has 3 aromatic rings. The SMILES string of the molecule is Cc1nc2ccc(C(=O)NC3COc4ccccc4C3)cc2nc1C. The van der Waals surface area contributed by atoms with Crippen LogP contribution < -0.4 is 10.1 Å². The van der Waals surface area contributed by atoms with Crippen molar-refractivity contribution in [2.75, 3.05) is 6.61 Å². The zero-order valence-corrected chi connectivity index (χ0v) is 14.2. The normalized spacial score (nSPS) is 16.2. The van der Waals surface area contributed by atoms with Crippen LogP contribution in [-0.2, 0) is 6.42 Å². The van der Waals surface area contributed by atoms with Gasteiger partial charge in [-0.1, -0.05) is 18.2 Å². The van der Waals surface area contributed by atoms with Crippen LogP contribution in [0.2, 0.25) is 0 Å². The van der Waals surface area contributed by atoms with E-state index < -0.39 is 0 Å². The molecule has 5 nitrogen and oxygen atoms in total. The Hall–Kier alpha value is -2.95. The molecule has 4 rings (SSSR count). The molecule has 1 N–H and O–H groups in total. The van der Waals surface area contributed by atoms with Gasteiger partial charge in [-0.3, -0.25) is 4.79 Å². The number of carbonyl (C=O) groups is 1. The predicted molar refractivity (Wildman–Crippen MR) is 95.9 cm³/mol. The van der Waals surface area contributed by atoms with Gasteiger partial charge in [0, 0.05) is 5.56 Å². The molecular weight excluding hydrogens is 314 g/mol. The summed E-state index contributed by atoms with van der Waals surface area (Å²) in [4.78, 5) is 21.6. The molecule has 1 amide bonds. The zero-order valence-electron chi connectivity index (χ0n) is 14.2. The van der Waals surface area contributed by atoms with Gasteiger partial charge in [0.25, 0.3) is 5.91 Å². The lowest BCUT2D eigenvalue weighted by Crippen LogP contribution is -2.42. The van der Waals surface area contributed by atoms with E-state index in [4.69, 9.17) is 4.74 Å². The number of nitrogens with zero attached hydrogens (tertiary/aromatic N) is 2. The van der Waals surface area contributed by atoms with Crippen molar-refractivity contribution in [2.45, 2.75) is 26.3 Å². The number of para-hydroxylation sites is 1. The summed E-state index contributed by atoms with van der Waals surface area (Å²) in [6.45, 7) is 4.34. The van der Waals surface area contributed by atoms with Gasteiger partial charge in [0.05, 0.1) is 28.5 Å². The number of aryl methyl sites for hydroxylation is 2. The largest absolute Gasteiger partial charge is 0.491 e. The molecule has 25 heavy (non-hydrogen) atoms. The summed E-state index contributed by atoms with van der Waals surface area (Å²) in [6, 6.07) is 13.3. The smallest absolute Gasteiger partial charge is 0.251 e. The van der Waals surface area contributed by atoms with Crippen molar-refractivity contribution < 1.29 is 9.53 Å². The van der Waals surface area contributed by atoms with Crippen LogP contribution in [0, 0.1) is 13.8 Å². The highest BCUT2D eigenvalue weighted by molar-refractivity contribution is 5.97. The number of fused-ring (bicyclic) bond motifs is 2. The van der Waals surface area contributed by atoms with Crippen LogP contribution in [0.25, 0.3) is 11.0 Å². The fourth-order valence-corrected chi connectivity index (χ4v) is 3.06. The van der Waals surface area contributed by atoms with Crippen molar-refractivity contribution in [1.29, 1.82) is 0 Å². The van der Waals surface area contributed by atoms with Crippen molar-refractivity contribution in [3.05, 3.63) is 65.0 Å². The van der Waals surface area contributed by atoms with Crippen LogP contribution in [0.1, 0.15) is 27.3 Å². The van der Waals surface area contributed by atoms with Gasteiger partial charge >= 0.3 is 0 Å². The molecule has 0 radical (unpaired) electrons. The van der Waals surface area contributed by atoms with Crippen LogP contribution in [0.3, 0.4) is 0 Å². The van der Waals surface area contributed by atoms with Gasteiger partial charge in [-0.15, -0.1) is 0 Å². The molecule has 0 fully saturated rings. The van der Waals surface area contributed by atoms with Crippen molar-refractivity contribution in [3.8, 4) is 5.75 Å². The number of nitrogens with one attached hydrogen (secondary N) is 1. The van der Waals surface area contributed by atoms with E-state index in [9.17, 15) is 4.79 Å². The number of aromatic nitrogens is 2. The van der Waals surface area contributed by atoms with Gasteiger partial charge in [0.1, 0.15) is 12.4 Å². The minimum absolute atomic E-state index is 0.0380. The summed E-state index contributed by atoms with van der Waals surface area (Å²) in [6.07, 6.45) is 0.771. The second kappa shape index (κ2) is 6.16. The highest BCUT2D eigenvalue weighted by Gasteiger charge is 2.21. The number of hydrogen-bond donors (Lipinski definition) is 1. The minimum Gasteiger partial charge on any atom is -0.491 e. The molecule has 126 valence electrons.